The highest BCUT2D eigenvalue weighted by Crippen LogP contribution is 2.45. The van der Waals surface area contributed by atoms with Gasteiger partial charge in [-0.1, -0.05) is 25.1 Å². The number of hydrogen-bond acceptors (Lipinski definition) is 3. The average Bonchev–Trinajstić information content (AvgIpc) is 2.89. The fraction of sp³-hybridized carbons (Fsp3) is 0.667. The van der Waals surface area contributed by atoms with Crippen LogP contribution >= 0.6 is 0 Å². The highest BCUT2D eigenvalue weighted by atomic mass is 19.1. The third-order valence-electron chi connectivity index (χ3n) is 4.91. The minimum Gasteiger partial charge on any atom is -0.374 e. The number of hydrogen-bond donors (Lipinski definition) is 0. The molecule has 0 saturated carbocycles. The maximum Gasteiger partial charge on any atom is 0.169 e. The number of rotatable bonds is 5. The summed E-state index contributed by atoms with van der Waals surface area (Å²) in [4.78, 5) is 0. The van der Waals surface area contributed by atoms with Gasteiger partial charge in [-0.05, 0) is 31.7 Å². The summed E-state index contributed by atoms with van der Waals surface area (Å²) >= 11 is 0. The summed E-state index contributed by atoms with van der Waals surface area (Å²) in [7, 11) is 0. The second-order valence-electron chi connectivity index (χ2n) is 6.44. The number of halogens is 1. The molecule has 4 heteroatoms. The Kier molecular flexibility index (Phi) is 4.81. The summed E-state index contributed by atoms with van der Waals surface area (Å²) in [5.41, 5.74) is 0.304. The zero-order valence-electron chi connectivity index (χ0n) is 13.3. The van der Waals surface area contributed by atoms with Gasteiger partial charge >= 0.3 is 0 Å². The van der Waals surface area contributed by atoms with Gasteiger partial charge in [0.15, 0.2) is 5.79 Å². The third kappa shape index (κ3) is 3.34. The largest absolute Gasteiger partial charge is 0.374 e. The molecule has 0 N–H and O–H groups in total. The molecule has 1 spiro atoms. The van der Waals surface area contributed by atoms with Crippen molar-refractivity contribution in [2.45, 2.75) is 63.4 Å². The predicted octanol–water partition coefficient (Wildman–Crippen LogP) is 4.20. The van der Waals surface area contributed by atoms with Gasteiger partial charge in [0, 0.05) is 18.4 Å². The topological polar surface area (TPSA) is 27.7 Å². The van der Waals surface area contributed by atoms with Gasteiger partial charge in [0.05, 0.1) is 25.4 Å². The molecule has 0 aliphatic carbocycles. The molecule has 2 aliphatic rings. The first kappa shape index (κ1) is 15.9. The van der Waals surface area contributed by atoms with Crippen molar-refractivity contribution in [1.29, 1.82) is 0 Å². The van der Waals surface area contributed by atoms with Crippen molar-refractivity contribution in [3.8, 4) is 0 Å². The lowest BCUT2D eigenvalue weighted by molar-refractivity contribution is -0.275. The van der Waals surface area contributed by atoms with Crippen LogP contribution in [0, 0.1) is 5.82 Å². The lowest BCUT2D eigenvalue weighted by Gasteiger charge is -2.37. The maximum absolute atomic E-state index is 13.6. The Bertz CT molecular complexity index is 499. The highest BCUT2D eigenvalue weighted by molar-refractivity contribution is 5.16. The number of benzene rings is 1. The number of ether oxygens (including phenoxy) is 3. The Morgan fingerprint density at radius 1 is 1.18 bits per heavy atom. The van der Waals surface area contributed by atoms with Crippen molar-refractivity contribution in [3.05, 3.63) is 35.6 Å². The van der Waals surface area contributed by atoms with Crippen LogP contribution in [0.3, 0.4) is 0 Å². The van der Waals surface area contributed by atoms with Crippen LogP contribution in [-0.2, 0) is 20.8 Å². The van der Waals surface area contributed by atoms with Crippen LogP contribution in [0.4, 0.5) is 4.39 Å². The molecule has 2 fully saturated rings. The minimum absolute atomic E-state index is 0.215. The lowest BCUT2D eigenvalue weighted by atomic mass is 9.96. The molecule has 2 saturated heterocycles. The molecular formula is C18H25FO3. The molecule has 3 rings (SSSR count). The van der Waals surface area contributed by atoms with Crippen molar-refractivity contribution in [2.75, 3.05) is 13.2 Å². The molecule has 0 aromatic heterocycles. The van der Waals surface area contributed by atoms with Crippen molar-refractivity contribution >= 4 is 0 Å². The van der Waals surface area contributed by atoms with Crippen LogP contribution in [0.1, 0.15) is 51.0 Å². The minimum atomic E-state index is -0.393. The predicted molar refractivity (Wildman–Crippen MR) is 81.9 cm³/mol. The zero-order chi connectivity index (χ0) is 15.5. The average molecular weight is 308 g/mol. The first-order chi connectivity index (χ1) is 10.7. The van der Waals surface area contributed by atoms with E-state index in [1.807, 2.05) is 6.07 Å². The lowest BCUT2D eigenvalue weighted by Crippen LogP contribution is -2.42. The van der Waals surface area contributed by atoms with Crippen molar-refractivity contribution in [1.82, 2.24) is 0 Å². The molecule has 2 atom stereocenters. The van der Waals surface area contributed by atoms with Crippen molar-refractivity contribution < 1.29 is 18.6 Å². The van der Waals surface area contributed by atoms with Gasteiger partial charge in [-0.25, -0.2) is 4.39 Å². The summed E-state index contributed by atoms with van der Waals surface area (Å²) in [6.45, 7) is 3.68. The highest BCUT2D eigenvalue weighted by Gasteiger charge is 2.49. The molecule has 2 heterocycles. The first-order valence-electron chi connectivity index (χ1n) is 8.32. The Morgan fingerprint density at radius 3 is 2.77 bits per heavy atom. The molecule has 1 aromatic rings. The Hall–Kier alpha value is -0.970. The van der Waals surface area contributed by atoms with E-state index >= 15 is 0 Å². The fourth-order valence-electron chi connectivity index (χ4n) is 3.43. The normalized spacial score (nSPS) is 31.7. The Morgan fingerprint density at radius 2 is 2.05 bits per heavy atom. The van der Waals surface area contributed by atoms with E-state index in [1.54, 1.807) is 12.1 Å². The van der Waals surface area contributed by atoms with Crippen LogP contribution in [-0.4, -0.2) is 24.6 Å². The molecular weight excluding hydrogens is 283 g/mol. The van der Waals surface area contributed by atoms with Gasteiger partial charge in [0.1, 0.15) is 5.82 Å². The van der Waals surface area contributed by atoms with Gasteiger partial charge in [-0.15, -0.1) is 0 Å². The maximum atomic E-state index is 13.6. The van der Waals surface area contributed by atoms with Gasteiger partial charge in [-0.3, -0.25) is 0 Å². The van der Waals surface area contributed by atoms with E-state index in [0.717, 1.165) is 45.1 Å². The van der Waals surface area contributed by atoms with E-state index < -0.39 is 5.79 Å². The van der Waals surface area contributed by atoms with Crippen LogP contribution in [0.2, 0.25) is 0 Å². The second kappa shape index (κ2) is 6.65. The quantitative estimate of drug-likeness (QED) is 0.816. The zero-order valence-corrected chi connectivity index (χ0v) is 13.3. The van der Waals surface area contributed by atoms with Gasteiger partial charge in [-0.2, -0.15) is 0 Å². The molecule has 122 valence electrons. The van der Waals surface area contributed by atoms with Gasteiger partial charge in [0.2, 0.25) is 0 Å². The first-order valence-corrected chi connectivity index (χ1v) is 8.32. The van der Waals surface area contributed by atoms with Crippen LogP contribution < -0.4 is 0 Å². The second-order valence-corrected chi connectivity index (χ2v) is 6.44. The molecule has 3 nitrogen and oxygen atoms in total. The third-order valence-corrected chi connectivity index (χ3v) is 4.91. The van der Waals surface area contributed by atoms with Gasteiger partial charge in [0.25, 0.3) is 0 Å². The summed E-state index contributed by atoms with van der Waals surface area (Å²) in [6.07, 6.45) is 6.02. The Labute approximate surface area is 131 Å². The van der Waals surface area contributed by atoms with Crippen molar-refractivity contribution in [3.63, 3.8) is 0 Å². The SMILES string of the molecule is CCC1(COCc2ccccc2F)CCC2(CCCCO2)O1. The monoisotopic (exact) mass is 308 g/mol. The Balaban J connectivity index is 1.57. The van der Waals surface area contributed by atoms with E-state index in [9.17, 15) is 4.39 Å². The summed E-state index contributed by atoms with van der Waals surface area (Å²) < 4.78 is 31.7. The van der Waals surface area contributed by atoms with Crippen LogP contribution in [0.5, 0.6) is 0 Å². The van der Waals surface area contributed by atoms with E-state index in [-0.39, 0.29) is 18.0 Å². The van der Waals surface area contributed by atoms with Crippen LogP contribution in [0.25, 0.3) is 0 Å². The molecule has 0 bridgehead atoms. The van der Waals surface area contributed by atoms with Crippen molar-refractivity contribution in [2.24, 2.45) is 0 Å². The smallest absolute Gasteiger partial charge is 0.169 e. The van der Waals surface area contributed by atoms with Gasteiger partial charge < -0.3 is 14.2 Å². The molecule has 22 heavy (non-hydrogen) atoms. The van der Waals surface area contributed by atoms with E-state index in [4.69, 9.17) is 14.2 Å². The summed E-state index contributed by atoms with van der Waals surface area (Å²) in [5.74, 6) is -0.609. The van der Waals surface area contributed by atoms with E-state index in [0.29, 0.717) is 12.2 Å². The molecule has 2 unspecified atom stereocenters. The molecule has 1 aromatic carbocycles. The molecule has 0 amide bonds. The van der Waals surface area contributed by atoms with Crippen LogP contribution in [0.15, 0.2) is 24.3 Å². The standard InChI is InChI=1S/C18H25FO3/c1-2-17(10-11-18(22-17)9-5-6-12-21-18)14-20-13-15-7-3-4-8-16(15)19/h3-4,7-8H,2,5-6,9-14H2,1H3. The molecule has 0 radical (unpaired) electrons. The summed E-state index contributed by atoms with van der Waals surface area (Å²) in [5, 5.41) is 0. The van der Waals surface area contributed by atoms with E-state index in [1.165, 1.54) is 6.07 Å². The van der Waals surface area contributed by atoms with E-state index in [2.05, 4.69) is 6.92 Å². The fourth-order valence-corrected chi connectivity index (χ4v) is 3.43. The summed E-state index contributed by atoms with van der Waals surface area (Å²) in [6, 6.07) is 6.74. The molecule has 2 aliphatic heterocycles.